The molecular formula is C22H21N3O3S. The van der Waals surface area contributed by atoms with E-state index in [0.717, 1.165) is 11.1 Å². The number of amidine groups is 1. The highest BCUT2D eigenvalue weighted by Crippen LogP contribution is 2.24. The fraction of sp³-hybridized carbons (Fsp3) is 0.182. The second-order valence-corrected chi connectivity index (χ2v) is 7.59. The zero-order valence-electron chi connectivity index (χ0n) is 16.2. The summed E-state index contributed by atoms with van der Waals surface area (Å²) in [7, 11) is 1.57. The predicted octanol–water partition coefficient (Wildman–Crippen LogP) is 3.94. The molecule has 148 valence electrons. The van der Waals surface area contributed by atoms with Crippen molar-refractivity contribution in [2.75, 3.05) is 7.11 Å². The van der Waals surface area contributed by atoms with Crippen molar-refractivity contribution >= 4 is 40.9 Å². The zero-order chi connectivity index (χ0) is 20.6. The molecule has 2 aromatic rings. The normalized spacial score (nSPS) is 18.3. The van der Waals surface area contributed by atoms with Crippen molar-refractivity contribution in [2.45, 2.75) is 18.6 Å². The minimum absolute atomic E-state index is 0.0957. The Morgan fingerprint density at radius 3 is 2.59 bits per heavy atom. The molecule has 1 aliphatic rings. The zero-order valence-corrected chi connectivity index (χ0v) is 17.0. The molecule has 0 spiro atoms. The molecule has 0 aromatic heterocycles. The Morgan fingerprint density at radius 1 is 1.17 bits per heavy atom. The third-order valence-corrected chi connectivity index (χ3v) is 5.24. The van der Waals surface area contributed by atoms with Crippen LogP contribution in [0.25, 0.3) is 6.08 Å². The third-order valence-electron chi connectivity index (χ3n) is 4.16. The number of hydrogen-bond donors (Lipinski definition) is 1. The summed E-state index contributed by atoms with van der Waals surface area (Å²) >= 11 is 1.22. The number of carbonyl (C=O) groups is 2. The molecule has 3 rings (SSSR count). The number of methoxy groups -OCH3 is 1. The number of nitrogens with one attached hydrogen (secondary N) is 1. The van der Waals surface area contributed by atoms with Crippen molar-refractivity contribution in [3.8, 4) is 5.75 Å². The summed E-state index contributed by atoms with van der Waals surface area (Å²) in [6.07, 6.45) is 3.71. The van der Waals surface area contributed by atoms with E-state index in [-0.39, 0.29) is 18.1 Å². The smallest absolute Gasteiger partial charge is 0.240 e. The summed E-state index contributed by atoms with van der Waals surface area (Å²) in [5.41, 5.74) is 2.55. The summed E-state index contributed by atoms with van der Waals surface area (Å²) in [5, 5.41) is 10.6. The van der Waals surface area contributed by atoms with Crippen LogP contribution in [0.2, 0.25) is 0 Å². The van der Waals surface area contributed by atoms with Crippen LogP contribution >= 0.6 is 11.8 Å². The molecule has 6 nitrogen and oxygen atoms in total. The van der Waals surface area contributed by atoms with Crippen molar-refractivity contribution < 1.29 is 14.3 Å². The molecule has 1 unspecified atom stereocenters. The van der Waals surface area contributed by atoms with Crippen molar-refractivity contribution in [3.63, 3.8) is 0 Å². The number of thioether (sulfide) groups is 1. The highest BCUT2D eigenvalue weighted by Gasteiger charge is 2.32. The first-order valence-electron chi connectivity index (χ1n) is 9.04. The highest BCUT2D eigenvalue weighted by atomic mass is 32.2. The topological polar surface area (TPSA) is 80.1 Å². The highest BCUT2D eigenvalue weighted by molar-refractivity contribution is 8.15. The van der Waals surface area contributed by atoms with Gasteiger partial charge in [0.15, 0.2) is 11.0 Å². The van der Waals surface area contributed by atoms with Gasteiger partial charge in [0, 0.05) is 12.0 Å². The molecule has 1 aliphatic heterocycles. The number of ketones is 1. The number of amides is 1. The number of Topliss-reactive ketones (excluding diaryl/α,β-unsaturated/α-hetero) is 1. The van der Waals surface area contributed by atoms with Gasteiger partial charge in [-0.1, -0.05) is 48.2 Å². The van der Waals surface area contributed by atoms with Gasteiger partial charge >= 0.3 is 0 Å². The van der Waals surface area contributed by atoms with Crippen LogP contribution in [0.5, 0.6) is 5.75 Å². The van der Waals surface area contributed by atoms with Crippen molar-refractivity contribution in [2.24, 2.45) is 10.2 Å². The van der Waals surface area contributed by atoms with E-state index < -0.39 is 5.25 Å². The van der Waals surface area contributed by atoms with Gasteiger partial charge < -0.3 is 10.1 Å². The van der Waals surface area contributed by atoms with Crippen LogP contribution in [-0.4, -0.2) is 35.4 Å². The summed E-state index contributed by atoms with van der Waals surface area (Å²) in [6.45, 7) is 1.92. The molecule has 0 saturated carbocycles. The molecule has 1 atom stereocenters. The Hall–Kier alpha value is -3.19. The molecule has 0 bridgehead atoms. The Labute approximate surface area is 173 Å². The minimum atomic E-state index is -0.514. The van der Waals surface area contributed by atoms with Gasteiger partial charge in [-0.2, -0.15) is 5.10 Å². The Kier molecular flexibility index (Phi) is 6.97. The van der Waals surface area contributed by atoms with E-state index in [2.05, 4.69) is 15.5 Å². The summed E-state index contributed by atoms with van der Waals surface area (Å²) in [4.78, 5) is 24.6. The number of benzene rings is 2. The first-order chi connectivity index (χ1) is 14.0. The van der Waals surface area contributed by atoms with Gasteiger partial charge in [-0.25, -0.2) is 0 Å². The average molecular weight is 407 g/mol. The quantitative estimate of drug-likeness (QED) is 0.428. The maximum absolute atomic E-state index is 12.4. The molecule has 0 radical (unpaired) electrons. The minimum Gasteiger partial charge on any atom is -0.497 e. The molecule has 1 amide bonds. The van der Waals surface area contributed by atoms with Crippen molar-refractivity contribution in [3.05, 3.63) is 71.3 Å². The van der Waals surface area contributed by atoms with E-state index in [4.69, 9.17) is 4.74 Å². The number of carbonyl (C=O) groups excluding carboxylic acids is 2. The van der Waals surface area contributed by atoms with Crippen LogP contribution in [-0.2, 0) is 4.79 Å². The molecular weight excluding hydrogens is 386 g/mol. The van der Waals surface area contributed by atoms with Crippen molar-refractivity contribution in [1.29, 1.82) is 0 Å². The van der Waals surface area contributed by atoms with Crippen LogP contribution in [0.3, 0.4) is 0 Å². The van der Waals surface area contributed by atoms with Gasteiger partial charge in [-0.3, -0.25) is 9.59 Å². The first kappa shape index (κ1) is 20.5. The van der Waals surface area contributed by atoms with Crippen molar-refractivity contribution in [1.82, 2.24) is 5.32 Å². The number of nitrogens with zero attached hydrogens (tertiary/aromatic N) is 2. The van der Waals surface area contributed by atoms with Gasteiger partial charge in [-0.05, 0) is 42.3 Å². The number of ether oxygens (including phenoxy) is 1. The number of rotatable bonds is 7. The van der Waals surface area contributed by atoms with Crippen LogP contribution in [0.15, 0.2) is 70.4 Å². The molecule has 7 heteroatoms. The lowest BCUT2D eigenvalue weighted by molar-refractivity contribution is -0.118. The van der Waals surface area contributed by atoms with Gasteiger partial charge in [0.1, 0.15) is 5.75 Å². The lowest BCUT2D eigenvalue weighted by atomic mass is 10.1. The van der Waals surface area contributed by atoms with Gasteiger partial charge in [0.2, 0.25) is 5.91 Å². The van der Waals surface area contributed by atoms with Crippen LogP contribution in [0.1, 0.15) is 29.3 Å². The molecule has 2 aromatic carbocycles. The second kappa shape index (κ2) is 9.84. The number of allylic oxidation sites excluding steroid dienone is 1. The monoisotopic (exact) mass is 407 g/mol. The predicted molar refractivity (Wildman–Crippen MR) is 117 cm³/mol. The SMILES string of the molecule is COc1ccc(C(=O)CC2S/C(=N/N=C/C(C)=C\c3ccccc3)NC2=O)cc1. The molecule has 1 N–H and O–H groups in total. The van der Waals surface area contributed by atoms with E-state index in [1.54, 1.807) is 37.6 Å². The van der Waals surface area contributed by atoms with Gasteiger partial charge in [0.05, 0.1) is 18.6 Å². The fourth-order valence-electron chi connectivity index (χ4n) is 2.67. The Morgan fingerprint density at radius 2 is 1.90 bits per heavy atom. The lowest BCUT2D eigenvalue weighted by Crippen LogP contribution is -2.26. The Balaban J connectivity index is 1.57. The summed E-state index contributed by atoms with van der Waals surface area (Å²) in [5.74, 6) is 0.340. The maximum Gasteiger partial charge on any atom is 0.240 e. The van der Waals surface area contributed by atoms with Gasteiger partial charge in [-0.15, -0.1) is 5.10 Å². The maximum atomic E-state index is 12.4. The molecule has 1 heterocycles. The van der Waals surface area contributed by atoms with E-state index in [9.17, 15) is 9.59 Å². The summed E-state index contributed by atoms with van der Waals surface area (Å²) in [6, 6.07) is 16.7. The van der Waals surface area contributed by atoms with Crippen LogP contribution < -0.4 is 10.1 Å². The lowest BCUT2D eigenvalue weighted by Gasteiger charge is -2.05. The van der Waals surface area contributed by atoms with Gasteiger partial charge in [0.25, 0.3) is 0 Å². The molecule has 1 saturated heterocycles. The largest absolute Gasteiger partial charge is 0.497 e. The summed E-state index contributed by atoms with van der Waals surface area (Å²) < 4.78 is 5.09. The second-order valence-electron chi connectivity index (χ2n) is 6.40. The van der Waals surface area contributed by atoms with E-state index in [0.29, 0.717) is 16.5 Å². The van der Waals surface area contributed by atoms with E-state index in [1.165, 1.54) is 11.8 Å². The van der Waals surface area contributed by atoms with E-state index in [1.807, 2.05) is 43.3 Å². The standard InChI is InChI=1S/C22H21N3O3S/c1-15(12-16-6-4-3-5-7-16)14-23-25-22-24-21(27)20(29-22)13-19(26)17-8-10-18(28-2)11-9-17/h3-12,14,20H,13H2,1-2H3,(H,24,25,27)/b15-12-,23-14+. The fourth-order valence-corrected chi connectivity index (χ4v) is 3.60. The molecule has 29 heavy (non-hydrogen) atoms. The molecule has 0 aliphatic carbocycles. The molecule has 1 fully saturated rings. The van der Waals surface area contributed by atoms with Crippen LogP contribution in [0, 0.1) is 0 Å². The average Bonchev–Trinajstić information content (AvgIpc) is 3.07. The van der Waals surface area contributed by atoms with E-state index >= 15 is 0 Å². The third kappa shape index (κ3) is 5.89. The Bertz CT molecular complexity index is 967. The number of hydrogen-bond acceptors (Lipinski definition) is 6. The van der Waals surface area contributed by atoms with Crippen LogP contribution in [0.4, 0.5) is 0 Å². The first-order valence-corrected chi connectivity index (χ1v) is 9.92.